The molecule has 2 rings (SSSR count). The number of aryl methyl sites for hydroxylation is 1. The number of halogens is 2. The van der Waals surface area contributed by atoms with Crippen LogP contribution in [0, 0.1) is 6.92 Å². The molecule has 2 N–H and O–H groups in total. The quantitative estimate of drug-likeness (QED) is 0.849. The zero-order chi connectivity index (χ0) is 12.4. The monoisotopic (exact) mass is 269 g/mol. The molecule has 0 aliphatic heterocycles. The maximum atomic E-state index is 5.96. The Balaban J connectivity index is 2.40. The largest absolute Gasteiger partial charge is 0.435 e. The van der Waals surface area contributed by atoms with Crippen molar-refractivity contribution in [3.05, 3.63) is 40.3 Å². The van der Waals surface area contributed by atoms with Crippen LogP contribution in [0.4, 0.5) is 5.69 Å². The van der Waals surface area contributed by atoms with E-state index in [1.807, 2.05) is 0 Å². The minimum atomic E-state index is 0.0822. The maximum absolute atomic E-state index is 5.96. The van der Waals surface area contributed by atoms with Crippen molar-refractivity contribution in [2.24, 2.45) is 0 Å². The molecule has 0 amide bonds. The molecule has 0 radical (unpaired) electrons. The van der Waals surface area contributed by atoms with E-state index in [0.717, 1.165) is 0 Å². The fourth-order valence-corrected chi connectivity index (χ4v) is 1.61. The van der Waals surface area contributed by atoms with Gasteiger partial charge in [0.2, 0.25) is 11.2 Å². The summed E-state index contributed by atoms with van der Waals surface area (Å²) in [5, 5.41) is 0.554. The maximum Gasteiger partial charge on any atom is 0.247 e. The number of para-hydroxylation sites is 1. The number of hydrogen-bond acceptors (Lipinski definition) is 4. The Morgan fingerprint density at radius 3 is 2.59 bits per heavy atom. The Hall–Kier alpha value is -1.52. The van der Waals surface area contributed by atoms with Crippen molar-refractivity contribution in [3.63, 3.8) is 0 Å². The van der Waals surface area contributed by atoms with Gasteiger partial charge in [0.05, 0.1) is 10.7 Å². The van der Waals surface area contributed by atoms with Crippen molar-refractivity contribution < 1.29 is 4.74 Å². The van der Waals surface area contributed by atoms with Gasteiger partial charge in [-0.2, -0.15) is 4.98 Å². The molecule has 2 aromatic rings. The molecule has 4 nitrogen and oxygen atoms in total. The van der Waals surface area contributed by atoms with E-state index in [4.69, 9.17) is 33.7 Å². The number of aromatic nitrogens is 2. The second-order valence-corrected chi connectivity index (χ2v) is 4.07. The Kier molecular flexibility index (Phi) is 3.36. The fourth-order valence-electron chi connectivity index (χ4n) is 1.23. The molecular weight excluding hydrogens is 261 g/mol. The van der Waals surface area contributed by atoms with E-state index in [1.54, 1.807) is 31.2 Å². The Morgan fingerprint density at radius 2 is 1.88 bits per heavy atom. The summed E-state index contributed by atoms with van der Waals surface area (Å²) in [5.74, 6) is 0.672. The highest BCUT2D eigenvalue weighted by Gasteiger charge is 2.11. The summed E-state index contributed by atoms with van der Waals surface area (Å²) in [6, 6.07) is 7.03. The standard InChI is InChI=1S/C11H9Cl2N3O/c1-6-9(14)10(16-11(13)15-6)17-8-5-3-2-4-7(8)12/h2-5H,14H2,1H3. The number of nitrogen functional groups attached to an aromatic ring is 1. The zero-order valence-electron chi connectivity index (χ0n) is 8.95. The highest BCUT2D eigenvalue weighted by atomic mass is 35.5. The van der Waals surface area contributed by atoms with Crippen LogP contribution in [0.3, 0.4) is 0 Å². The predicted molar refractivity (Wildman–Crippen MR) is 67.7 cm³/mol. The molecule has 1 aromatic carbocycles. The average molecular weight is 270 g/mol. The second-order valence-electron chi connectivity index (χ2n) is 3.33. The Morgan fingerprint density at radius 1 is 1.18 bits per heavy atom. The van der Waals surface area contributed by atoms with Gasteiger partial charge in [0.1, 0.15) is 11.4 Å². The minimum Gasteiger partial charge on any atom is -0.435 e. The third-order valence-corrected chi connectivity index (χ3v) is 2.60. The molecule has 0 fully saturated rings. The molecule has 0 saturated heterocycles. The van der Waals surface area contributed by atoms with Crippen LogP contribution in [0.5, 0.6) is 11.6 Å². The number of benzene rings is 1. The first-order valence-corrected chi connectivity index (χ1v) is 5.55. The van der Waals surface area contributed by atoms with E-state index >= 15 is 0 Å². The number of rotatable bonds is 2. The summed E-state index contributed by atoms with van der Waals surface area (Å²) < 4.78 is 5.51. The summed E-state index contributed by atoms with van der Waals surface area (Å²) in [6.07, 6.45) is 0. The number of hydrogen-bond donors (Lipinski definition) is 1. The van der Waals surface area contributed by atoms with E-state index in [0.29, 0.717) is 22.2 Å². The van der Waals surface area contributed by atoms with Gasteiger partial charge < -0.3 is 10.5 Å². The van der Waals surface area contributed by atoms with Gasteiger partial charge in [0, 0.05) is 0 Å². The van der Waals surface area contributed by atoms with Crippen LogP contribution in [0.2, 0.25) is 10.3 Å². The second kappa shape index (κ2) is 4.77. The van der Waals surface area contributed by atoms with Crippen molar-refractivity contribution in [1.82, 2.24) is 9.97 Å². The Labute approximate surface area is 108 Å². The molecule has 1 aromatic heterocycles. The lowest BCUT2D eigenvalue weighted by Gasteiger charge is -2.09. The lowest BCUT2D eigenvalue weighted by Crippen LogP contribution is -2.01. The van der Waals surface area contributed by atoms with Crippen LogP contribution in [0.25, 0.3) is 0 Å². The summed E-state index contributed by atoms with van der Waals surface area (Å²) in [4.78, 5) is 7.83. The number of nitrogens with zero attached hydrogens (tertiary/aromatic N) is 2. The van der Waals surface area contributed by atoms with Gasteiger partial charge in [0.25, 0.3) is 0 Å². The molecule has 0 aliphatic rings. The molecule has 0 atom stereocenters. The Bertz CT molecular complexity index is 560. The van der Waals surface area contributed by atoms with Gasteiger partial charge in [-0.15, -0.1) is 0 Å². The van der Waals surface area contributed by atoms with Crippen molar-refractivity contribution in [3.8, 4) is 11.6 Å². The van der Waals surface area contributed by atoms with E-state index in [-0.39, 0.29) is 11.2 Å². The molecule has 1 heterocycles. The first kappa shape index (κ1) is 12.0. The SMILES string of the molecule is Cc1nc(Cl)nc(Oc2ccccc2Cl)c1N. The minimum absolute atomic E-state index is 0.0822. The van der Waals surface area contributed by atoms with Crippen molar-refractivity contribution in [2.45, 2.75) is 6.92 Å². The normalized spacial score (nSPS) is 10.3. The highest BCUT2D eigenvalue weighted by Crippen LogP contribution is 2.32. The van der Waals surface area contributed by atoms with E-state index in [9.17, 15) is 0 Å². The van der Waals surface area contributed by atoms with Crippen molar-refractivity contribution in [1.29, 1.82) is 0 Å². The summed E-state index contributed by atoms with van der Waals surface area (Å²) in [5.41, 5.74) is 6.70. The smallest absolute Gasteiger partial charge is 0.247 e. The number of ether oxygens (including phenoxy) is 1. The zero-order valence-corrected chi connectivity index (χ0v) is 10.5. The van der Waals surface area contributed by atoms with Crippen LogP contribution in [-0.2, 0) is 0 Å². The molecule has 17 heavy (non-hydrogen) atoms. The predicted octanol–water partition coefficient (Wildman–Crippen LogP) is 3.47. The van der Waals surface area contributed by atoms with Crippen LogP contribution in [0.1, 0.15) is 5.69 Å². The highest BCUT2D eigenvalue weighted by molar-refractivity contribution is 6.32. The number of anilines is 1. The lowest BCUT2D eigenvalue weighted by atomic mass is 10.3. The average Bonchev–Trinajstić information content (AvgIpc) is 2.28. The molecule has 0 aliphatic carbocycles. The van der Waals surface area contributed by atoms with Crippen LogP contribution in [-0.4, -0.2) is 9.97 Å². The molecule has 88 valence electrons. The van der Waals surface area contributed by atoms with Crippen molar-refractivity contribution in [2.75, 3.05) is 5.73 Å². The third kappa shape index (κ3) is 2.60. The molecular formula is C11H9Cl2N3O. The summed E-state index contributed by atoms with van der Waals surface area (Å²) >= 11 is 11.7. The van der Waals surface area contributed by atoms with Gasteiger partial charge in [-0.3, -0.25) is 0 Å². The molecule has 0 spiro atoms. The number of nitrogens with two attached hydrogens (primary N) is 1. The van der Waals surface area contributed by atoms with E-state index in [1.165, 1.54) is 0 Å². The first-order valence-electron chi connectivity index (χ1n) is 4.80. The van der Waals surface area contributed by atoms with E-state index < -0.39 is 0 Å². The molecule has 0 unspecified atom stereocenters. The van der Waals surface area contributed by atoms with Crippen molar-refractivity contribution >= 4 is 28.9 Å². The molecule has 6 heteroatoms. The van der Waals surface area contributed by atoms with Gasteiger partial charge in [-0.25, -0.2) is 4.98 Å². The van der Waals surface area contributed by atoms with Crippen LogP contribution < -0.4 is 10.5 Å². The lowest BCUT2D eigenvalue weighted by molar-refractivity contribution is 0.464. The van der Waals surface area contributed by atoms with Crippen LogP contribution in [0.15, 0.2) is 24.3 Å². The fraction of sp³-hybridized carbons (Fsp3) is 0.0909. The third-order valence-electron chi connectivity index (χ3n) is 2.12. The van der Waals surface area contributed by atoms with Gasteiger partial charge in [-0.05, 0) is 30.7 Å². The van der Waals surface area contributed by atoms with Gasteiger partial charge in [-0.1, -0.05) is 23.7 Å². The van der Waals surface area contributed by atoms with E-state index in [2.05, 4.69) is 9.97 Å². The molecule has 0 saturated carbocycles. The van der Waals surface area contributed by atoms with Gasteiger partial charge in [0.15, 0.2) is 0 Å². The summed E-state index contributed by atoms with van der Waals surface area (Å²) in [6.45, 7) is 1.72. The molecule has 0 bridgehead atoms. The van der Waals surface area contributed by atoms with Gasteiger partial charge >= 0.3 is 0 Å². The topological polar surface area (TPSA) is 61.0 Å². The summed E-state index contributed by atoms with van der Waals surface area (Å²) in [7, 11) is 0. The van der Waals surface area contributed by atoms with Crippen LogP contribution >= 0.6 is 23.2 Å². The first-order chi connectivity index (χ1) is 8.08.